The number of nitrogens with one attached hydrogen (secondary N) is 1. The summed E-state index contributed by atoms with van der Waals surface area (Å²) < 4.78 is 0. The zero-order valence-corrected chi connectivity index (χ0v) is 13.5. The van der Waals surface area contributed by atoms with Crippen LogP contribution >= 0.6 is 0 Å². The molecule has 1 aromatic carbocycles. The van der Waals surface area contributed by atoms with Gasteiger partial charge >= 0.3 is 0 Å². The number of aliphatic hydroxyl groups excluding tert-OH is 1. The molecule has 0 saturated carbocycles. The normalized spacial score (nSPS) is 13.1. The minimum atomic E-state index is -0.116. The van der Waals surface area contributed by atoms with Crippen LogP contribution in [0, 0.1) is 5.92 Å². The van der Waals surface area contributed by atoms with E-state index in [1.165, 1.54) is 5.56 Å². The van der Waals surface area contributed by atoms with Crippen molar-refractivity contribution < 1.29 is 9.90 Å². The molecule has 0 spiro atoms. The van der Waals surface area contributed by atoms with Gasteiger partial charge in [0.1, 0.15) is 0 Å². The Kier molecular flexibility index (Phi) is 7.17. The second kappa shape index (κ2) is 8.63. The van der Waals surface area contributed by atoms with Crippen LogP contribution in [0.3, 0.4) is 0 Å². The van der Waals surface area contributed by atoms with Gasteiger partial charge in [-0.05, 0) is 35.5 Å². The summed E-state index contributed by atoms with van der Waals surface area (Å²) in [6, 6.07) is 8.23. The highest BCUT2D eigenvalue weighted by molar-refractivity contribution is 5.91. The Morgan fingerprint density at radius 3 is 2.29 bits per heavy atom. The lowest BCUT2D eigenvalue weighted by atomic mass is 10.0. The molecular formula is C18H27NO2. The third kappa shape index (κ3) is 6.13. The fourth-order valence-electron chi connectivity index (χ4n) is 2.11. The van der Waals surface area contributed by atoms with E-state index >= 15 is 0 Å². The summed E-state index contributed by atoms with van der Waals surface area (Å²) in [5.41, 5.74) is 2.30. The number of hydrogen-bond donors (Lipinski definition) is 2. The highest BCUT2D eigenvalue weighted by atomic mass is 16.3. The van der Waals surface area contributed by atoms with Gasteiger partial charge in [0, 0.05) is 18.7 Å². The van der Waals surface area contributed by atoms with Crippen molar-refractivity contribution in [3.05, 3.63) is 41.5 Å². The number of benzene rings is 1. The van der Waals surface area contributed by atoms with Crippen molar-refractivity contribution in [3.8, 4) is 0 Å². The molecule has 0 aliphatic carbocycles. The molecule has 1 aromatic rings. The molecular weight excluding hydrogens is 262 g/mol. The summed E-state index contributed by atoms with van der Waals surface area (Å²) in [5.74, 6) is 0.700. The first-order chi connectivity index (χ1) is 9.93. The molecule has 1 atom stereocenters. The van der Waals surface area contributed by atoms with E-state index < -0.39 is 0 Å². The second-order valence-corrected chi connectivity index (χ2v) is 6.03. The predicted molar refractivity (Wildman–Crippen MR) is 88.0 cm³/mol. The Morgan fingerprint density at radius 2 is 1.81 bits per heavy atom. The fraction of sp³-hybridized carbons (Fsp3) is 0.500. The average Bonchev–Trinajstić information content (AvgIpc) is 2.45. The van der Waals surface area contributed by atoms with Gasteiger partial charge in [0.25, 0.3) is 0 Å². The van der Waals surface area contributed by atoms with Gasteiger partial charge in [0.15, 0.2) is 0 Å². The quantitative estimate of drug-likeness (QED) is 0.756. The van der Waals surface area contributed by atoms with Crippen molar-refractivity contribution in [2.24, 2.45) is 5.92 Å². The van der Waals surface area contributed by atoms with E-state index in [2.05, 4.69) is 31.3 Å². The highest BCUT2D eigenvalue weighted by Crippen LogP contribution is 2.15. The van der Waals surface area contributed by atoms with E-state index in [0.29, 0.717) is 18.3 Å². The molecule has 0 aliphatic heterocycles. The van der Waals surface area contributed by atoms with E-state index in [1.807, 2.05) is 32.1 Å². The molecule has 21 heavy (non-hydrogen) atoms. The smallest absolute Gasteiger partial charge is 0.244 e. The largest absolute Gasteiger partial charge is 0.396 e. The summed E-state index contributed by atoms with van der Waals surface area (Å²) in [6.45, 7) is 8.48. The molecule has 0 radical (unpaired) electrons. The predicted octanol–water partition coefficient (Wildman–Crippen LogP) is 3.35. The van der Waals surface area contributed by atoms with Crippen LogP contribution in [0.1, 0.15) is 51.2 Å². The van der Waals surface area contributed by atoms with Gasteiger partial charge in [0.05, 0.1) is 0 Å². The minimum absolute atomic E-state index is 0.00969. The molecule has 0 heterocycles. The van der Waals surface area contributed by atoms with Crippen molar-refractivity contribution in [2.45, 2.75) is 46.1 Å². The van der Waals surface area contributed by atoms with E-state index in [-0.39, 0.29) is 18.6 Å². The van der Waals surface area contributed by atoms with Crippen LogP contribution in [-0.2, 0) is 4.79 Å². The SMILES string of the molecule is CC(C)c1ccc(/C=C/C(=O)NC(CCO)C(C)C)cc1. The number of rotatable bonds is 7. The zero-order chi connectivity index (χ0) is 15.8. The van der Waals surface area contributed by atoms with Crippen LogP contribution in [0.15, 0.2) is 30.3 Å². The van der Waals surface area contributed by atoms with Gasteiger partial charge in [-0.15, -0.1) is 0 Å². The van der Waals surface area contributed by atoms with Crippen LogP contribution < -0.4 is 5.32 Å². The maximum atomic E-state index is 11.9. The van der Waals surface area contributed by atoms with Crippen LogP contribution in [0.4, 0.5) is 0 Å². The van der Waals surface area contributed by atoms with Crippen molar-refractivity contribution in [2.75, 3.05) is 6.61 Å². The summed E-state index contributed by atoms with van der Waals surface area (Å²) in [6.07, 6.45) is 3.95. The maximum Gasteiger partial charge on any atom is 0.244 e. The van der Waals surface area contributed by atoms with Crippen molar-refractivity contribution in [3.63, 3.8) is 0 Å². The van der Waals surface area contributed by atoms with Crippen LogP contribution in [0.2, 0.25) is 0 Å². The standard InChI is InChI=1S/C18H27NO2/c1-13(2)16-8-5-15(6-9-16)7-10-18(21)19-17(11-12-20)14(3)4/h5-10,13-14,17,20H,11-12H2,1-4H3,(H,19,21)/b10-7+. The van der Waals surface area contributed by atoms with Gasteiger partial charge in [-0.1, -0.05) is 52.0 Å². The maximum absolute atomic E-state index is 11.9. The zero-order valence-electron chi connectivity index (χ0n) is 13.5. The first-order valence-corrected chi connectivity index (χ1v) is 7.63. The van der Waals surface area contributed by atoms with Crippen LogP contribution in [-0.4, -0.2) is 23.7 Å². The molecule has 0 bridgehead atoms. The summed E-state index contributed by atoms with van der Waals surface area (Å²) >= 11 is 0. The average molecular weight is 289 g/mol. The number of amides is 1. The first-order valence-electron chi connectivity index (χ1n) is 7.63. The van der Waals surface area contributed by atoms with Crippen molar-refractivity contribution in [1.29, 1.82) is 0 Å². The summed E-state index contributed by atoms with van der Waals surface area (Å²) in [4.78, 5) is 11.9. The van der Waals surface area contributed by atoms with Gasteiger partial charge in [-0.2, -0.15) is 0 Å². The molecule has 1 rings (SSSR count). The third-order valence-corrected chi connectivity index (χ3v) is 3.60. The Hall–Kier alpha value is -1.61. The van der Waals surface area contributed by atoms with Gasteiger partial charge in [-0.25, -0.2) is 0 Å². The number of hydrogen-bond acceptors (Lipinski definition) is 2. The Labute approximate surface area is 128 Å². The third-order valence-electron chi connectivity index (χ3n) is 3.60. The molecule has 0 saturated heterocycles. The summed E-state index contributed by atoms with van der Waals surface area (Å²) in [5, 5.41) is 11.9. The molecule has 0 fully saturated rings. The molecule has 3 nitrogen and oxygen atoms in total. The molecule has 0 aromatic heterocycles. The van der Waals surface area contributed by atoms with Crippen LogP contribution in [0.5, 0.6) is 0 Å². The lowest BCUT2D eigenvalue weighted by Gasteiger charge is -2.20. The van der Waals surface area contributed by atoms with Crippen molar-refractivity contribution >= 4 is 12.0 Å². The van der Waals surface area contributed by atoms with E-state index in [0.717, 1.165) is 5.56 Å². The lowest BCUT2D eigenvalue weighted by molar-refractivity contribution is -0.117. The molecule has 2 N–H and O–H groups in total. The lowest BCUT2D eigenvalue weighted by Crippen LogP contribution is -2.38. The number of carbonyl (C=O) groups is 1. The highest BCUT2D eigenvalue weighted by Gasteiger charge is 2.13. The summed E-state index contributed by atoms with van der Waals surface area (Å²) in [7, 11) is 0. The fourth-order valence-corrected chi connectivity index (χ4v) is 2.11. The first kappa shape index (κ1) is 17.4. The Morgan fingerprint density at radius 1 is 1.19 bits per heavy atom. The van der Waals surface area contributed by atoms with E-state index in [4.69, 9.17) is 5.11 Å². The van der Waals surface area contributed by atoms with Gasteiger partial charge in [-0.3, -0.25) is 4.79 Å². The van der Waals surface area contributed by atoms with E-state index in [9.17, 15) is 4.79 Å². The Balaban J connectivity index is 2.60. The molecule has 1 amide bonds. The molecule has 3 heteroatoms. The van der Waals surface area contributed by atoms with Gasteiger partial charge < -0.3 is 10.4 Å². The number of aliphatic hydroxyl groups is 1. The topological polar surface area (TPSA) is 49.3 Å². The van der Waals surface area contributed by atoms with E-state index in [1.54, 1.807) is 6.08 Å². The Bertz CT molecular complexity index is 461. The number of carbonyl (C=O) groups excluding carboxylic acids is 1. The molecule has 1 unspecified atom stereocenters. The molecule has 0 aliphatic rings. The van der Waals surface area contributed by atoms with Crippen LogP contribution in [0.25, 0.3) is 6.08 Å². The van der Waals surface area contributed by atoms with Crippen molar-refractivity contribution in [1.82, 2.24) is 5.32 Å². The second-order valence-electron chi connectivity index (χ2n) is 6.03. The minimum Gasteiger partial charge on any atom is -0.396 e. The molecule has 116 valence electrons. The monoisotopic (exact) mass is 289 g/mol. The van der Waals surface area contributed by atoms with Gasteiger partial charge in [0.2, 0.25) is 5.91 Å².